The first-order valence-corrected chi connectivity index (χ1v) is 5.99. The second-order valence-corrected chi connectivity index (χ2v) is 4.57. The second kappa shape index (κ2) is 6.19. The van der Waals surface area contributed by atoms with E-state index in [1.807, 2.05) is 6.07 Å². The number of furan rings is 1. The van der Waals surface area contributed by atoms with E-state index >= 15 is 0 Å². The second-order valence-electron chi connectivity index (χ2n) is 4.23. The number of rotatable bonds is 6. The van der Waals surface area contributed by atoms with Crippen LogP contribution in [0.4, 0.5) is 0 Å². The van der Waals surface area contributed by atoms with Crippen molar-refractivity contribution in [1.82, 2.24) is 5.32 Å². The quantitative estimate of drug-likeness (QED) is 0.797. The lowest BCUT2D eigenvalue weighted by Crippen LogP contribution is -2.21. The molecule has 86 valence electrons. The summed E-state index contributed by atoms with van der Waals surface area (Å²) >= 11 is 5.98. The summed E-state index contributed by atoms with van der Waals surface area (Å²) in [4.78, 5) is 0. The third-order valence-electron chi connectivity index (χ3n) is 2.50. The Kier molecular flexibility index (Phi) is 5.20. The van der Waals surface area contributed by atoms with Crippen LogP contribution in [0.1, 0.15) is 45.2 Å². The molecule has 1 rings (SSSR count). The van der Waals surface area contributed by atoms with Crippen LogP contribution in [0.5, 0.6) is 0 Å². The topological polar surface area (TPSA) is 25.2 Å². The van der Waals surface area contributed by atoms with Gasteiger partial charge in [-0.25, -0.2) is 0 Å². The smallest absolute Gasteiger partial charge is 0.197 e. The molecule has 0 aliphatic heterocycles. The molecule has 1 N–H and O–H groups in total. The van der Waals surface area contributed by atoms with Gasteiger partial charge in [0.05, 0.1) is 6.26 Å². The Morgan fingerprint density at radius 2 is 2.13 bits per heavy atom. The molecule has 1 heterocycles. The van der Waals surface area contributed by atoms with Crippen molar-refractivity contribution < 1.29 is 4.42 Å². The zero-order chi connectivity index (χ0) is 11.3. The van der Waals surface area contributed by atoms with Gasteiger partial charge in [0.2, 0.25) is 0 Å². The Balaban J connectivity index is 2.61. The minimum atomic E-state index is 0.323. The predicted octanol–water partition coefficient (Wildman–Crippen LogP) is 4.02. The lowest BCUT2D eigenvalue weighted by Gasteiger charge is -2.17. The lowest BCUT2D eigenvalue weighted by molar-refractivity contribution is 0.444. The summed E-state index contributed by atoms with van der Waals surface area (Å²) in [5, 5.41) is 3.96. The molecule has 1 unspecified atom stereocenters. The minimum Gasteiger partial charge on any atom is -0.453 e. The first-order valence-electron chi connectivity index (χ1n) is 5.61. The first kappa shape index (κ1) is 12.6. The van der Waals surface area contributed by atoms with E-state index in [0.717, 1.165) is 24.4 Å². The Morgan fingerprint density at radius 1 is 1.40 bits per heavy atom. The molecule has 0 saturated heterocycles. The molecule has 0 radical (unpaired) electrons. The number of hydrogen-bond acceptors (Lipinski definition) is 2. The highest BCUT2D eigenvalue weighted by atomic mass is 35.5. The lowest BCUT2D eigenvalue weighted by atomic mass is 9.99. The van der Waals surface area contributed by atoms with Gasteiger partial charge >= 0.3 is 0 Å². The molecule has 0 bridgehead atoms. The standard InChI is InChI=1S/C12H20ClNO/c1-4-14-11(6-5-9(2)3)10-7-8-15-12(10)13/h7-9,11,14H,4-6H2,1-3H3. The number of halogens is 1. The molecule has 1 atom stereocenters. The van der Waals surface area contributed by atoms with Crippen molar-refractivity contribution in [1.29, 1.82) is 0 Å². The van der Waals surface area contributed by atoms with Crippen LogP contribution in [-0.2, 0) is 0 Å². The number of nitrogens with one attached hydrogen (secondary N) is 1. The fourth-order valence-electron chi connectivity index (χ4n) is 1.67. The van der Waals surface area contributed by atoms with Gasteiger partial charge in [-0.2, -0.15) is 0 Å². The molecule has 2 nitrogen and oxygen atoms in total. The van der Waals surface area contributed by atoms with E-state index in [1.54, 1.807) is 6.26 Å². The molecule has 3 heteroatoms. The summed E-state index contributed by atoms with van der Waals surface area (Å²) in [5.41, 5.74) is 1.08. The van der Waals surface area contributed by atoms with Gasteiger partial charge in [0.1, 0.15) is 0 Å². The predicted molar refractivity (Wildman–Crippen MR) is 64.2 cm³/mol. The van der Waals surface area contributed by atoms with Crippen molar-refractivity contribution in [2.24, 2.45) is 5.92 Å². The monoisotopic (exact) mass is 229 g/mol. The van der Waals surface area contributed by atoms with Crippen LogP contribution in [-0.4, -0.2) is 6.54 Å². The largest absolute Gasteiger partial charge is 0.453 e. The van der Waals surface area contributed by atoms with Crippen LogP contribution in [0.2, 0.25) is 5.22 Å². The van der Waals surface area contributed by atoms with E-state index in [4.69, 9.17) is 16.0 Å². The highest BCUT2D eigenvalue weighted by molar-refractivity contribution is 6.29. The van der Waals surface area contributed by atoms with Crippen molar-refractivity contribution in [2.75, 3.05) is 6.54 Å². The zero-order valence-electron chi connectivity index (χ0n) is 9.72. The maximum Gasteiger partial charge on any atom is 0.197 e. The first-order chi connectivity index (χ1) is 7.15. The van der Waals surface area contributed by atoms with Crippen LogP contribution < -0.4 is 5.32 Å². The zero-order valence-corrected chi connectivity index (χ0v) is 10.5. The molecule has 0 fully saturated rings. The molecule has 0 aromatic carbocycles. The normalized spacial score (nSPS) is 13.4. The van der Waals surface area contributed by atoms with Gasteiger partial charge in [-0.3, -0.25) is 0 Å². The van der Waals surface area contributed by atoms with Crippen LogP contribution in [0, 0.1) is 5.92 Å². The van der Waals surface area contributed by atoms with Gasteiger partial charge in [0.25, 0.3) is 0 Å². The maximum absolute atomic E-state index is 5.98. The average Bonchev–Trinajstić information content (AvgIpc) is 2.59. The van der Waals surface area contributed by atoms with Gasteiger partial charge in [0.15, 0.2) is 5.22 Å². The molecule has 0 aliphatic rings. The summed E-state index contributed by atoms with van der Waals surface area (Å²) < 4.78 is 5.12. The van der Waals surface area contributed by atoms with Crippen molar-refractivity contribution in [3.63, 3.8) is 0 Å². The highest BCUT2D eigenvalue weighted by Crippen LogP contribution is 2.28. The van der Waals surface area contributed by atoms with E-state index < -0.39 is 0 Å². The summed E-state index contributed by atoms with van der Waals surface area (Å²) in [7, 11) is 0. The average molecular weight is 230 g/mol. The molecule has 0 aliphatic carbocycles. The van der Waals surface area contributed by atoms with Gasteiger partial charge in [-0.05, 0) is 43.0 Å². The Bertz CT molecular complexity index is 283. The maximum atomic E-state index is 5.98. The van der Waals surface area contributed by atoms with Crippen molar-refractivity contribution >= 4 is 11.6 Å². The van der Waals surface area contributed by atoms with Gasteiger partial charge < -0.3 is 9.73 Å². The number of hydrogen-bond donors (Lipinski definition) is 1. The summed E-state index contributed by atoms with van der Waals surface area (Å²) in [5.74, 6) is 0.719. The Labute approximate surface area is 97.0 Å². The molecule has 1 aromatic heterocycles. The Morgan fingerprint density at radius 3 is 2.60 bits per heavy atom. The summed E-state index contributed by atoms with van der Waals surface area (Å²) in [6.07, 6.45) is 3.95. The SMILES string of the molecule is CCNC(CCC(C)C)c1ccoc1Cl. The summed E-state index contributed by atoms with van der Waals surface area (Å²) in [6.45, 7) is 7.53. The minimum absolute atomic E-state index is 0.323. The van der Waals surface area contributed by atoms with E-state index in [0.29, 0.717) is 11.3 Å². The van der Waals surface area contributed by atoms with Gasteiger partial charge in [-0.1, -0.05) is 20.8 Å². The van der Waals surface area contributed by atoms with Crippen LogP contribution in [0.3, 0.4) is 0 Å². The van der Waals surface area contributed by atoms with Crippen LogP contribution in [0.25, 0.3) is 0 Å². The fraction of sp³-hybridized carbons (Fsp3) is 0.667. The van der Waals surface area contributed by atoms with Crippen LogP contribution in [0.15, 0.2) is 16.7 Å². The molecular weight excluding hydrogens is 210 g/mol. The van der Waals surface area contributed by atoms with E-state index in [2.05, 4.69) is 26.1 Å². The molecule has 0 amide bonds. The molecule has 0 spiro atoms. The highest BCUT2D eigenvalue weighted by Gasteiger charge is 2.16. The third kappa shape index (κ3) is 3.88. The molecule has 1 aromatic rings. The molecule has 0 saturated carbocycles. The fourth-order valence-corrected chi connectivity index (χ4v) is 1.91. The van der Waals surface area contributed by atoms with Crippen molar-refractivity contribution in [3.8, 4) is 0 Å². The van der Waals surface area contributed by atoms with E-state index in [9.17, 15) is 0 Å². The molecule has 15 heavy (non-hydrogen) atoms. The molecular formula is C12H20ClNO. The van der Waals surface area contributed by atoms with Gasteiger partial charge in [-0.15, -0.1) is 0 Å². The van der Waals surface area contributed by atoms with E-state index in [-0.39, 0.29) is 0 Å². The van der Waals surface area contributed by atoms with Crippen LogP contribution >= 0.6 is 11.6 Å². The van der Waals surface area contributed by atoms with Crippen molar-refractivity contribution in [2.45, 2.75) is 39.7 Å². The van der Waals surface area contributed by atoms with E-state index in [1.165, 1.54) is 6.42 Å². The summed E-state index contributed by atoms with van der Waals surface area (Å²) in [6, 6.07) is 2.28. The third-order valence-corrected chi connectivity index (χ3v) is 2.81. The Hall–Kier alpha value is -0.470. The van der Waals surface area contributed by atoms with Gasteiger partial charge in [0, 0.05) is 11.6 Å². The van der Waals surface area contributed by atoms with Crippen molar-refractivity contribution in [3.05, 3.63) is 23.1 Å².